The van der Waals surface area contributed by atoms with Crippen molar-refractivity contribution >= 4 is 0 Å². The van der Waals surface area contributed by atoms with Crippen molar-refractivity contribution in [1.29, 1.82) is 0 Å². The maximum Gasteiger partial charge on any atom is 0.141 e. The van der Waals surface area contributed by atoms with Gasteiger partial charge in [0.05, 0.1) is 12.1 Å². The summed E-state index contributed by atoms with van der Waals surface area (Å²) in [6, 6.07) is 3.45. The minimum atomic E-state index is -0.599. The Morgan fingerprint density at radius 2 is 2.00 bits per heavy atom. The highest BCUT2D eigenvalue weighted by molar-refractivity contribution is 5.35. The second-order valence-electron chi connectivity index (χ2n) is 3.95. The van der Waals surface area contributed by atoms with Gasteiger partial charge in [0.25, 0.3) is 0 Å². The lowest BCUT2D eigenvalue weighted by Crippen LogP contribution is -2.43. The van der Waals surface area contributed by atoms with E-state index >= 15 is 0 Å². The van der Waals surface area contributed by atoms with Crippen molar-refractivity contribution in [3.05, 3.63) is 35.4 Å². The molecule has 0 spiro atoms. The Kier molecular flexibility index (Phi) is 4.08. The number of rotatable bonds is 1. The molecule has 4 heteroatoms. The average molecular weight is 236 g/mol. The Labute approximate surface area is 99.6 Å². The van der Waals surface area contributed by atoms with Crippen LogP contribution < -0.4 is 5.32 Å². The molecule has 2 rings (SSSR count). The van der Waals surface area contributed by atoms with E-state index in [0.717, 1.165) is 32.2 Å². The molecule has 2 nitrogen and oxygen atoms in total. The van der Waals surface area contributed by atoms with Crippen LogP contribution in [0.15, 0.2) is 18.2 Å². The summed E-state index contributed by atoms with van der Waals surface area (Å²) in [5.74, 6) is 4.48. The van der Waals surface area contributed by atoms with Gasteiger partial charge in [0.15, 0.2) is 0 Å². The molecule has 1 aromatic carbocycles. The summed E-state index contributed by atoms with van der Waals surface area (Å²) in [4.78, 5) is 2.20. The molecule has 0 saturated carbocycles. The molecule has 1 N–H and O–H groups in total. The van der Waals surface area contributed by atoms with Crippen LogP contribution in [0.3, 0.4) is 0 Å². The van der Waals surface area contributed by atoms with Gasteiger partial charge in [-0.2, -0.15) is 0 Å². The highest BCUT2D eigenvalue weighted by Gasteiger charge is 2.07. The third-order valence-corrected chi connectivity index (χ3v) is 2.67. The van der Waals surface area contributed by atoms with Crippen LogP contribution in [0.5, 0.6) is 0 Å². The largest absolute Gasteiger partial charge is 0.314 e. The van der Waals surface area contributed by atoms with Gasteiger partial charge in [-0.05, 0) is 12.1 Å². The smallest absolute Gasteiger partial charge is 0.141 e. The van der Waals surface area contributed by atoms with Crippen LogP contribution in [-0.4, -0.2) is 37.6 Å². The standard InChI is InChI=1S/C13H14F2N2/c14-12-4-3-11(13(15)10-12)2-1-7-17-8-5-16-6-9-17/h3-4,10,16H,5-9H2. The Bertz CT molecular complexity index is 442. The molecular weight excluding hydrogens is 222 g/mol. The first kappa shape index (κ1) is 12.0. The minimum Gasteiger partial charge on any atom is -0.314 e. The lowest BCUT2D eigenvalue weighted by Gasteiger charge is -2.24. The summed E-state index contributed by atoms with van der Waals surface area (Å²) < 4.78 is 25.9. The maximum atomic E-state index is 13.2. The number of benzene rings is 1. The first-order valence-electron chi connectivity index (χ1n) is 5.63. The molecule has 1 saturated heterocycles. The molecular formula is C13H14F2N2. The number of nitrogens with one attached hydrogen (secondary N) is 1. The summed E-state index contributed by atoms with van der Waals surface area (Å²) in [7, 11) is 0. The lowest BCUT2D eigenvalue weighted by atomic mass is 10.2. The SMILES string of the molecule is Fc1ccc(C#CCN2CCNCC2)c(F)c1. The van der Waals surface area contributed by atoms with Crippen LogP contribution >= 0.6 is 0 Å². The molecule has 1 aromatic rings. The van der Waals surface area contributed by atoms with E-state index in [4.69, 9.17) is 0 Å². The molecule has 1 aliphatic rings. The lowest BCUT2D eigenvalue weighted by molar-refractivity contribution is 0.268. The van der Waals surface area contributed by atoms with E-state index in [1.807, 2.05) is 0 Å². The Morgan fingerprint density at radius 1 is 1.24 bits per heavy atom. The molecule has 1 heterocycles. The number of nitrogens with zero attached hydrogens (tertiary/aromatic N) is 1. The maximum absolute atomic E-state index is 13.2. The third kappa shape index (κ3) is 3.52. The average Bonchev–Trinajstić information content (AvgIpc) is 2.33. The Balaban J connectivity index is 1.95. The van der Waals surface area contributed by atoms with Crippen LogP contribution in [0, 0.1) is 23.5 Å². The quantitative estimate of drug-likeness (QED) is 0.738. The summed E-state index contributed by atoms with van der Waals surface area (Å²) in [6.45, 7) is 4.47. The molecule has 1 fully saturated rings. The normalized spacial score (nSPS) is 16.4. The van der Waals surface area contributed by atoms with E-state index in [1.165, 1.54) is 12.1 Å². The number of piperazine rings is 1. The van der Waals surface area contributed by atoms with Crippen molar-refractivity contribution < 1.29 is 8.78 Å². The zero-order valence-electron chi connectivity index (χ0n) is 9.47. The molecule has 0 radical (unpaired) electrons. The molecule has 0 atom stereocenters. The van der Waals surface area contributed by atoms with Gasteiger partial charge in [-0.15, -0.1) is 0 Å². The van der Waals surface area contributed by atoms with E-state index in [-0.39, 0.29) is 5.56 Å². The van der Waals surface area contributed by atoms with E-state index < -0.39 is 11.6 Å². The van der Waals surface area contributed by atoms with Crippen LogP contribution in [0.4, 0.5) is 8.78 Å². The molecule has 0 bridgehead atoms. The first-order valence-corrected chi connectivity index (χ1v) is 5.63. The third-order valence-electron chi connectivity index (χ3n) is 2.67. The van der Waals surface area contributed by atoms with Crippen molar-refractivity contribution in [1.82, 2.24) is 10.2 Å². The molecule has 17 heavy (non-hydrogen) atoms. The van der Waals surface area contributed by atoms with Gasteiger partial charge < -0.3 is 5.32 Å². The summed E-state index contributed by atoms with van der Waals surface area (Å²) >= 11 is 0. The van der Waals surface area contributed by atoms with Gasteiger partial charge >= 0.3 is 0 Å². The fraction of sp³-hybridized carbons (Fsp3) is 0.385. The molecule has 0 aliphatic carbocycles. The van der Waals surface area contributed by atoms with E-state index in [9.17, 15) is 8.78 Å². The molecule has 0 aromatic heterocycles. The highest BCUT2D eigenvalue weighted by atomic mass is 19.1. The first-order chi connectivity index (χ1) is 8.25. The molecule has 0 amide bonds. The summed E-state index contributed by atoms with van der Waals surface area (Å²) in [5.41, 5.74) is 0.251. The molecule has 1 aliphatic heterocycles. The van der Waals surface area contributed by atoms with E-state index in [2.05, 4.69) is 22.1 Å². The number of halogens is 2. The highest BCUT2D eigenvalue weighted by Crippen LogP contribution is 2.07. The van der Waals surface area contributed by atoms with Crippen molar-refractivity contribution in [3.8, 4) is 11.8 Å². The van der Waals surface area contributed by atoms with Gasteiger partial charge in [-0.25, -0.2) is 8.78 Å². The monoisotopic (exact) mass is 236 g/mol. The second kappa shape index (κ2) is 5.76. The van der Waals surface area contributed by atoms with Gasteiger partial charge in [0.1, 0.15) is 11.6 Å². The van der Waals surface area contributed by atoms with Gasteiger partial charge in [0.2, 0.25) is 0 Å². The molecule has 0 unspecified atom stereocenters. The van der Waals surface area contributed by atoms with E-state index in [1.54, 1.807) is 0 Å². The van der Waals surface area contributed by atoms with Crippen LogP contribution in [0.2, 0.25) is 0 Å². The van der Waals surface area contributed by atoms with Crippen molar-refractivity contribution in [3.63, 3.8) is 0 Å². The van der Waals surface area contributed by atoms with Gasteiger partial charge in [-0.3, -0.25) is 4.90 Å². The summed E-state index contributed by atoms with van der Waals surface area (Å²) in [5, 5.41) is 3.25. The number of hydrogen-bond donors (Lipinski definition) is 1. The Morgan fingerprint density at radius 3 is 2.71 bits per heavy atom. The van der Waals surface area contributed by atoms with Gasteiger partial charge in [-0.1, -0.05) is 11.8 Å². The van der Waals surface area contributed by atoms with Crippen LogP contribution in [0.1, 0.15) is 5.56 Å². The van der Waals surface area contributed by atoms with Gasteiger partial charge in [0, 0.05) is 32.2 Å². The van der Waals surface area contributed by atoms with Crippen LogP contribution in [-0.2, 0) is 0 Å². The predicted molar refractivity (Wildman–Crippen MR) is 62.5 cm³/mol. The predicted octanol–water partition coefficient (Wildman–Crippen LogP) is 1.22. The zero-order chi connectivity index (χ0) is 12.1. The Hall–Kier alpha value is -1.44. The topological polar surface area (TPSA) is 15.3 Å². The molecule has 90 valence electrons. The minimum absolute atomic E-state index is 0.251. The fourth-order valence-corrected chi connectivity index (χ4v) is 1.71. The summed E-state index contributed by atoms with van der Waals surface area (Å²) in [6.07, 6.45) is 0. The fourth-order valence-electron chi connectivity index (χ4n) is 1.71. The second-order valence-corrected chi connectivity index (χ2v) is 3.95. The number of hydrogen-bond acceptors (Lipinski definition) is 2. The van der Waals surface area contributed by atoms with Crippen LogP contribution in [0.25, 0.3) is 0 Å². The van der Waals surface area contributed by atoms with Crippen molar-refractivity contribution in [2.75, 3.05) is 32.7 Å². The zero-order valence-corrected chi connectivity index (χ0v) is 9.47. The van der Waals surface area contributed by atoms with Crippen molar-refractivity contribution in [2.24, 2.45) is 0 Å². The van der Waals surface area contributed by atoms with E-state index in [0.29, 0.717) is 6.54 Å². The van der Waals surface area contributed by atoms with Crippen molar-refractivity contribution in [2.45, 2.75) is 0 Å².